The van der Waals surface area contributed by atoms with Crippen molar-refractivity contribution in [3.8, 4) is 5.82 Å². The standard InChI is InChI=1S/C14H19N6.C13H22N5O.2C13H22N5.C12H20N5.C11H12N5.6CH3/c1-18-9-10-19(11-18)7-4-6-16-14-13(15)12-5-2-3-8-20(12)17-14;1-18(2,9-10-19)8-6-15-13-12(14)11-5-3-4-7-17(11)16-13;1-18(2,3)10-6-8-15-13-12(14)11-7-4-5-9-17(11)16-13;1-4-18(2,3)10-8-15-13-12(14)11-7-5-6-9-17(11)16-13;1-17(2,3)9-7-14-12-11(13)10-6-4-5-8-16(10)15-12;1-14-6-7-15(8-14)11-10(12)9-4-2-3-5-16(9)13-11;;;;;;/h2-3,5,8-11H,4,6-7,15H2,1H3,(H,16,17);3-5,7,19H,6,8-10,14H2,1-2H3,(H,15,16);4-5,7,9H,6,8,10,14H2,1-3H3,(H,15,16);5-7,9H,4,8,10,14H2,1-3H3,(H,15,16);4-6,8H,7,9,13H2,1-3H3,(H,14,15);2-8H,12H2,1H3;6*1H3/q6*+1;6*-1. The lowest BCUT2D eigenvalue weighted by Gasteiger charge is -2.28. The summed E-state index contributed by atoms with van der Waals surface area (Å²) in [6.45, 7) is 13.5. The van der Waals surface area contributed by atoms with Crippen molar-refractivity contribution < 1.29 is 32.2 Å². The molecule has 0 atom stereocenters. The topological polar surface area (TPSA) is 358 Å². The summed E-state index contributed by atoms with van der Waals surface area (Å²) >= 11 is 0. The molecule has 0 saturated carbocycles. The van der Waals surface area contributed by atoms with Gasteiger partial charge >= 0.3 is 0 Å². The Kier molecular flexibility index (Phi) is 37.0. The molecule has 14 rings (SSSR count). The summed E-state index contributed by atoms with van der Waals surface area (Å²) in [7, 11) is 25.7. The second kappa shape index (κ2) is 43.8. The number of pyridine rings is 6. The molecular weight excluding hydrogens is 1440 g/mol. The molecule has 14 aromatic heterocycles. The van der Waals surface area contributed by atoms with Gasteiger partial charge in [0.15, 0.2) is 29.1 Å². The van der Waals surface area contributed by atoms with Crippen LogP contribution in [0.25, 0.3) is 38.9 Å². The van der Waals surface area contributed by atoms with Crippen molar-refractivity contribution in [3.63, 3.8) is 0 Å². The molecule has 0 aliphatic carbocycles. The first-order valence-electron chi connectivity index (χ1n) is 36.5. The fourth-order valence-corrected chi connectivity index (χ4v) is 11.4. The number of aromatic nitrogens is 16. The van der Waals surface area contributed by atoms with E-state index in [2.05, 4.69) is 152 Å². The number of nitrogen functional groups attached to an aromatic ring is 6. The summed E-state index contributed by atoms with van der Waals surface area (Å²) in [6.07, 6.45) is 25.5. The molecule has 32 heteroatoms. The Hall–Kier alpha value is -11.8. The van der Waals surface area contributed by atoms with Gasteiger partial charge in [-0.1, -0.05) is 36.4 Å². The number of nitrogens with two attached hydrogens (primary N) is 6. The first-order chi connectivity index (χ1) is 51.5. The van der Waals surface area contributed by atoms with Crippen LogP contribution < -0.4 is 70.1 Å². The van der Waals surface area contributed by atoms with Crippen LogP contribution in [0.5, 0.6) is 0 Å². The molecular formula is C82H135N31O. The normalized spacial score (nSPS) is 11.0. The molecule has 0 bridgehead atoms. The Bertz CT molecular complexity index is 5110. The molecule has 32 nitrogen and oxygen atoms in total. The molecule has 0 fully saturated rings. The predicted molar refractivity (Wildman–Crippen MR) is 476 cm³/mol. The number of aliphatic hydroxyl groups is 1. The quantitative estimate of drug-likeness (QED) is 0.0104. The van der Waals surface area contributed by atoms with E-state index < -0.39 is 0 Å². The molecule has 18 N–H and O–H groups in total. The van der Waals surface area contributed by atoms with E-state index in [0.717, 1.165) is 189 Å². The zero-order chi connectivity index (χ0) is 77.8. The van der Waals surface area contributed by atoms with E-state index >= 15 is 0 Å². The maximum atomic E-state index is 8.99. The van der Waals surface area contributed by atoms with Gasteiger partial charge in [0.05, 0.1) is 183 Å². The number of likely N-dealkylation sites (N-methyl/N-ethyl adjacent to an activating group) is 3. The largest absolute Gasteiger partial charge is 0.394 e. The zero-order valence-corrected chi connectivity index (χ0v) is 71.3. The summed E-state index contributed by atoms with van der Waals surface area (Å²) in [5.41, 5.74) is 46.2. The highest BCUT2D eigenvalue weighted by Gasteiger charge is 2.20. The fourth-order valence-electron chi connectivity index (χ4n) is 11.4. The van der Waals surface area contributed by atoms with E-state index in [0.29, 0.717) is 22.7 Å². The van der Waals surface area contributed by atoms with Crippen LogP contribution in [0, 0.1) is 44.6 Å². The molecule has 624 valence electrons. The highest BCUT2D eigenvalue weighted by Crippen LogP contribution is 2.27. The Morgan fingerprint density at radius 1 is 0.351 bits per heavy atom. The minimum Gasteiger partial charge on any atom is -0.394 e. The van der Waals surface area contributed by atoms with Gasteiger partial charge in [-0.3, -0.25) is 0 Å². The Morgan fingerprint density at radius 3 is 0.956 bits per heavy atom. The van der Waals surface area contributed by atoms with Crippen LogP contribution in [0.15, 0.2) is 184 Å². The van der Waals surface area contributed by atoms with Crippen LogP contribution in [-0.4, -0.2) is 239 Å². The number of fused-ring (bicyclic) bond motifs is 6. The number of rotatable bonds is 26. The molecule has 0 saturated heterocycles. The first-order valence-corrected chi connectivity index (χ1v) is 36.5. The van der Waals surface area contributed by atoms with Gasteiger partial charge in [0.2, 0.25) is 12.7 Å². The number of imidazole rings is 2. The van der Waals surface area contributed by atoms with Crippen LogP contribution in [0.3, 0.4) is 0 Å². The van der Waals surface area contributed by atoms with E-state index in [-0.39, 0.29) is 51.2 Å². The number of aryl methyl sites for hydroxylation is 3. The van der Waals surface area contributed by atoms with Crippen molar-refractivity contribution in [1.82, 2.24) is 66.8 Å². The monoisotopic (exact) mass is 1570 g/mol. The highest BCUT2D eigenvalue weighted by molar-refractivity contribution is 5.84. The van der Waals surface area contributed by atoms with Gasteiger partial charge in [-0.25, -0.2) is 40.8 Å². The Balaban J connectivity index is 0.000000351. The van der Waals surface area contributed by atoms with Gasteiger partial charge in [-0.05, 0) is 79.7 Å². The number of anilines is 11. The number of nitrogens with one attached hydrogen (secondary N) is 5. The van der Waals surface area contributed by atoms with Crippen molar-refractivity contribution in [3.05, 3.63) is 228 Å². The van der Waals surface area contributed by atoms with Crippen LogP contribution in [0.1, 0.15) is 19.8 Å². The van der Waals surface area contributed by atoms with Crippen molar-refractivity contribution in [1.29, 1.82) is 0 Å². The summed E-state index contributed by atoms with van der Waals surface area (Å²) in [4.78, 5) is 0. The van der Waals surface area contributed by atoms with Crippen LogP contribution in [0.2, 0.25) is 0 Å². The maximum Gasteiger partial charge on any atom is 0.268 e. The third-order valence-electron chi connectivity index (χ3n) is 18.1. The lowest BCUT2D eigenvalue weighted by atomic mass is 10.3. The minimum atomic E-state index is 0. The number of aliphatic hydroxyl groups excluding tert-OH is 1. The molecule has 0 amide bonds. The smallest absolute Gasteiger partial charge is 0.268 e. The van der Waals surface area contributed by atoms with Crippen LogP contribution in [-0.2, 0) is 20.6 Å². The second-order valence-electron chi connectivity index (χ2n) is 30.0. The van der Waals surface area contributed by atoms with Crippen molar-refractivity contribution in [2.45, 2.75) is 26.3 Å². The third-order valence-corrected chi connectivity index (χ3v) is 18.1. The minimum absolute atomic E-state index is 0. The number of nitrogens with zero attached hydrogens (tertiary/aromatic N) is 20. The van der Waals surface area contributed by atoms with Gasteiger partial charge in [-0.2, -0.15) is 4.57 Å². The lowest BCUT2D eigenvalue weighted by molar-refractivity contribution is -0.888. The Labute approximate surface area is 676 Å². The van der Waals surface area contributed by atoms with Crippen LogP contribution in [0.4, 0.5) is 63.2 Å². The third kappa shape index (κ3) is 27.0. The molecule has 0 aliphatic heterocycles. The average Bonchev–Trinajstić information content (AvgIpc) is 1.54. The number of quaternary nitrogens is 4. The van der Waals surface area contributed by atoms with Crippen molar-refractivity contribution in [2.24, 2.45) is 14.1 Å². The average molecular weight is 1570 g/mol. The Morgan fingerprint density at radius 2 is 0.658 bits per heavy atom. The first kappa shape index (κ1) is 96.4. The summed E-state index contributed by atoms with van der Waals surface area (Å²) in [5.74, 6) is 4.56. The summed E-state index contributed by atoms with van der Waals surface area (Å²) in [6, 6.07) is 35.1. The van der Waals surface area contributed by atoms with Gasteiger partial charge in [0.25, 0.3) is 5.82 Å². The molecule has 0 aliphatic rings. The van der Waals surface area contributed by atoms with Gasteiger partial charge in [0, 0.05) is 63.1 Å². The highest BCUT2D eigenvalue weighted by atomic mass is 16.3. The summed E-state index contributed by atoms with van der Waals surface area (Å²) in [5, 5.41) is 52.0. The predicted octanol–water partition coefficient (Wildman–Crippen LogP) is 8.56. The summed E-state index contributed by atoms with van der Waals surface area (Å²) < 4.78 is 22.4. The fraction of sp³-hybridized carbons (Fsp3) is 0.341. The molecule has 114 heavy (non-hydrogen) atoms. The van der Waals surface area contributed by atoms with Crippen LogP contribution >= 0.6 is 0 Å². The molecule has 0 radical (unpaired) electrons. The molecule has 14 heterocycles. The van der Waals surface area contributed by atoms with E-state index in [1.165, 1.54) is 0 Å². The molecule has 14 aromatic rings. The number of hydrogen-bond donors (Lipinski definition) is 12. The van der Waals surface area contributed by atoms with E-state index in [4.69, 9.17) is 39.5 Å². The zero-order valence-electron chi connectivity index (χ0n) is 71.3. The number of hydrogen-bond acceptors (Lipinski definition) is 18. The molecule has 0 spiro atoms. The molecule has 0 unspecified atom stereocenters. The maximum absolute atomic E-state index is 8.99. The van der Waals surface area contributed by atoms with Crippen molar-refractivity contribution in [2.75, 3.05) is 210 Å². The van der Waals surface area contributed by atoms with Gasteiger partial charge < -0.3 is 129 Å². The van der Waals surface area contributed by atoms with Gasteiger partial charge in [0.1, 0.15) is 65.5 Å². The van der Waals surface area contributed by atoms with E-state index in [1.807, 2.05) is 199 Å². The van der Waals surface area contributed by atoms with E-state index in [1.54, 1.807) is 27.1 Å². The lowest BCUT2D eigenvalue weighted by Crippen LogP contribution is -2.45. The van der Waals surface area contributed by atoms with Crippen molar-refractivity contribution >= 4 is 96.3 Å². The second-order valence-corrected chi connectivity index (χ2v) is 30.0. The van der Waals surface area contributed by atoms with E-state index in [9.17, 15) is 0 Å². The van der Waals surface area contributed by atoms with Gasteiger partial charge in [-0.15, -0.1) is 30.6 Å². The molecule has 0 aromatic carbocycles. The SMILES string of the molecule is CC[N+](C)(C)CCNc1nn2ccccc2c1N.C[N+](C)(C)CCCNc1nn2ccccc2c1N.C[N+](C)(C)CCNc1nn2ccccc2c1N.C[N+](C)(CCO)CCNc1nn2ccccc2c1N.C[n+]1ccn(-c2nn3ccccc3c2N)c1.C[n+]1ccn(CCCNc2nn3ccccc3c2N)c1.[CH3-].[CH3-].[CH3-].[CH3-].[CH3-].[CH3-].